The number of methoxy groups -OCH3 is 1. The van der Waals surface area contributed by atoms with E-state index in [9.17, 15) is 9.90 Å². The first-order valence-electron chi connectivity index (χ1n) is 6.45. The molecular weight excluding hydrogens is 290 g/mol. The Morgan fingerprint density at radius 3 is 2.55 bits per heavy atom. The van der Waals surface area contributed by atoms with E-state index < -0.39 is 11.7 Å². The second-order valence-electron chi connectivity index (χ2n) is 4.03. The van der Waals surface area contributed by atoms with Crippen molar-refractivity contribution in [3.8, 4) is 5.75 Å². The monoisotopic (exact) mass is 306 g/mol. The highest BCUT2D eigenvalue weighted by atomic mass is 16.5. The highest BCUT2D eigenvalue weighted by molar-refractivity contribution is 5.90. The molecule has 1 rings (SSSR count). The Kier molecular flexibility index (Phi) is 8.14. The van der Waals surface area contributed by atoms with Gasteiger partial charge in [0.1, 0.15) is 12.4 Å². The van der Waals surface area contributed by atoms with Crippen LogP contribution in [-0.2, 0) is 14.3 Å². The molecule has 0 aliphatic rings. The lowest BCUT2D eigenvalue weighted by Crippen LogP contribution is -2.23. The topological polar surface area (TPSA) is 117 Å². The fourth-order valence-electron chi connectivity index (χ4n) is 1.46. The highest BCUT2D eigenvalue weighted by Gasteiger charge is 1.98. The molecule has 0 spiro atoms. The fraction of sp³-hybridized carbons (Fsp3) is 0.357. The van der Waals surface area contributed by atoms with Crippen molar-refractivity contribution in [2.24, 2.45) is 5.11 Å². The predicted molar refractivity (Wildman–Crippen MR) is 76.8 cm³/mol. The van der Waals surface area contributed by atoms with Crippen molar-refractivity contribution in [2.75, 3.05) is 33.5 Å². The first-order valence-corrected chi connectivity index (χ1v) is 6.45. The lowest BCUT2D eigenvalue weighted by Gasteiger charge is -2.07. The van der Waals surface area contributed by atoms with Crippen molar-refractivity contribution < 1.29 is 24.1 Å². The number of hydrogen-bond acceptors (Lipinski definition) is 6. The number of hydrogen-bond donors (Lipinski definition) is 0. The molecule has 0 aliphatic carbocycles. The van der Waals surface area contributed by atoms with Gasteiger partial charge in [-0.3, -0.25) is 0 Å². The number of benzene rings is 1. The maximum atomic E-state index is 10.7. The predicted octanol–water partition coefficient (Wildman–Crippen LogP) is 1.13. The number of rotatable bonds is 10. The zero-order valence-electron chi connectivity index (χ0n) is 12.1. The van der Waals surface area contributed by atoms with E-state index in [2.05, 4.69) is 10.0 Å². The molecule has 0 aromatic heterocycles. The van der Waals surface area contributed by atoms with Gasteiger partial charge in [-0.15, -0.1) is 0 Å². The largest absolute Gasteiger partial charge is 0.545 e. The summed E-state index contributed by atoms with van der Waals surface area (Å²) in [5.41, 5.74) is 8.34. The lowest BCUT2D eigenvalue weighted by atomic mass is 10.2. The molecule has 0 N–H and O–H groups in total. The summed E-state index contributed by atoms with van der Waals surface area (Å²) in [6.45, 7) is 1.88. The second kappa shape index (κ2) is 10.2. The number of aliphatic carboxylic acids is 1. The average molecular weight is 306 g/mol. The molecule has 0 bridgehead atoms. The van der Waals surface area contributed by atoms with Gasteiger partial charge in [0.25, 0.3) is 0 Å². The van der Waals surface area contributed by atoms with Crippen LogP contribution in [0.3, 0.4) is 0 Å². The van der Waals surface area contributed by atoms with Gasteiger partial charge >= 0.3 is 0 Å². The number of carbonyl (C=O) groups excluding carboxylic acids is 1. The molecule has 0 amide bonds. The van der Waals surface area contributed by atoms with Crippen LogP contribution in [0.1, 0.15) is 5.56 Å². The van der Waals surface area contributed by atoms with Crippen molar-refractivity contribution >= 4 is 12.0 Å². The summed E-state index contributed by atoms with van der Waals surface area (Å²) < 4.78 is 15.5. The zero-order valence-corrected chi connectivity index (χ0v) is 12.1. The van der Waals surface area contributed by atoms with Crippen LogP contribution in [0.4, 0.5) is 0 Å². The molecule has 0 fully saturated rings. The Morgan fingerprint density at radius 1 is 1.27 bits per heavy atom. The average Bonchev–Trinajstić information content (AvgIpc) is 2.51. The molecule has 0 aliphatic heterocycles. The third-order valence-electron chi connectivity index (χ3n) is 2.47. The molecule has 118 valence electrons. The Labute approximate surface area is 127 Å². The van der Waals surface area contributed by atoms with Gasteiger partial charge in [0, 0.05) is 12.0 Å². The van der Waals surface area contributed by atoms with E-state index in [1.165, 1.54) is 6.08 Å². The van der Waals surface area contributed by atoms with Crippen LogP contribution >= 0.6 is 0 Å². The highest BCUT2D eigenvalue weighted by Crippen LogP contribution is 2.15. The summed E-state index contributed by atoms with van der Waals surface area (Å²) in [5, 5.41) is 13.8. The van der Waals surface area contributed by atoms with Gasteiger partial charge in [-0.1, -0.05) is 17.2 Å². The Hall–Kier alpha value is -2.54. The number of nitrogens with zero attached hydrogens (tertiary/aromatic N) is 3. The summed E-state index contributed by atoms with van der Waals surface area (Å²) >= 11 is 0. The fourth-order valence-corrected chi connectivity index (χ4v) is 1.46. The van der Waals surface area contributed by atoms with Crippen LogP contribution < -0.4 is 9.84 Å². The molecule has 8 nitrogen and oxygen atoms in total. The van der Waals surface area contributed by atoms with E-state index in [-0.39, 0.29) is 0 Å². The van der Waals surface area contributed by atoms with Crippen molar-refractivity contribution in [2.45, 2.75) is 0 Å². The molecule has 1 aromatic rings. The van der Waals surface area contributed by atoms with Gasteiger partial charge in [-0.25, -0.2) is 0 Å². The third kappa shape index (κ3) is 6.76. The van der Waals surface area contributed by atoms with E-state index >= 15 is 0 Å². The lowest BCUT2D eigenvalue weighted by molar-refractivity contribution is -0.299. The van der Waals surface area contributed by atoms with Crippen LogP contribution in [0.25, 0.3) is 16.5 Å². The normalized spacial score (nSPS) is 10.9. The summed E-state index contributed by atoms with van der Waals surface area (Å²) in [6.07, 6.45) is 1.21. The van der Waals surface area contributed by atoms with E-state index in [0.717, 1.165) is 0 Å². The quantitative estimate of drug-likeness (QED) is 0.211. The van der Waals surface area contributed by atoms with Crippen LogP contribution in [0, 0.1) is 0 Å². The summed E-state index contributed by atoms with van der Waals surface area (Å²) in [5.74, 6) is -0.919. The molecule has 8 heteroatoms. The van der Waals surface area contributed by atoms with Gasteiger partial charge in [0.2, 0.25) is 0 Å². The molecule has 1 aromatic carbocycles. The first-order chi connectivity index (χ1) is 10.7. The molecular formula is C14H16N3O5-. The van der Waals surface area contributed by atoms with Gasteiger partial charge in [0.15, 0.2) is 0 Å². The Balaban J connectivity index is 2.50. The molecule has 0 saturated carbocycles. The molecule has 0 radical (unpaired) electrons. The molecule has 0 atom stereocenters. The van der Waals surface area contributed by atoms with Crippen molar-refractivity contribution in [3.05, 3.63) is 46.0 Å². The number of carbonyl (C=O) groups is 1. The van der Waals surface area contributed by atoms with Crippen LogP contribution in [0.2, 0.25) is 0 Å². The van der Waals surface area contributed by atoms with E-state index in [4.69, 9.17) is 19.7 Å². The zero-order chi connectivity index (χ0) is 16.2. The smallest absolute Gasteiger partial charge is 0.119 e. The number of carboxylic acids is 1. The van der Waals surface area contributed by atoms with Gasteiger partial charge in [-0.2, -0.15) is 0 Å². The molecule has 0 unspecified atom stereocenters. The van der Waals surface area contributed by atoms with Gasteiger partial charge in [-0.05, 0) is 29.3 Å². The third-order valence-corrected chi connectivity index (χ3v) is 2.47. The second-order valence-corrected chi connectivity index (χ2v) is 4.03. The minimum atomic E-state index is -1.54. The standard InChI is InChI=1S/C14H17N3O5/c1-20-6-7-21-8-9-22-12-4-2-11(3-5-12)10-13(14(18)19)16-17-15/h2-5,10H,6-9H2,1H3,(H,18,19)/p-1. The van der Waals surface area contributed by atoms with Gasteiger partial charge in [0.05, 0.1) is 31.5 Å². The van der Waals surface area contributed by atoms with E-state index in [1.54, 1.807) is 31.4 Å². The molecule has 22 heavy (non-hydrogen) atoms. The summed E-state index contributed by atoms with van der Waals surface area (Å²) in [7, 11) is 1.60. The van der Waals surface area contributed by atoms with Crippen LogP contribution in [0.5, 0.6) is 5.75 Å². The number of carboxylic acid groups (broad SMARTS) is 1. The summed E-state index contributed by atoms with van der Waals surface area (Å²) in [4.78, 5) is 13.1. The minimum Gasteiger partial charge on any atom is -0.545 e. The molecule has 0 heterocycles. The Bertz CT molecular complexity index is 546. The van der Waals surface area contributed by atoms with E-state index in [1.807, 2.05) is 0 Å². The van der Waals surface area contributed by atoms with Gasteiger partial charge < -0.3 is 24.1 Å². The van der Waals surface area contributed by atoms with Crippen LogP contribution in [-0.4, -0.2) is 39.5 Å². The van der Waals surface area contributed by atoms with Crippen molar-refractivity contribution in [1.82, 2.24) is 0 Å². The maximum Gasteiger partial charge on any atom is 0.119 e. The minimum absolute atomic E-state index is 0.391. The molecule has 0 saturated heterocycles. The maximum absolute atomic E-state index is 10.7. The first kappa shape index (κ1) is 17.5. The summed E-state index contributed by atoms with van der Waals surface area (Å²) in [6, 6.07) is 6.61. The van der Waals surface area contributed by atoms with E-state index in [0.29, 0.717) is 37.7 Å². The van der Waals surface area contributed by atoms with Crippen molar-refractivity contribution in [3.63, 3.8) is 0 Å². The SMILES string of the molecule is COCCOCCOc1ccc(C=C(N=[N+]=[N-])C(=O)[O-])cc1. The number of azide groups is 1. The number of ether oxygens (including phenoxy) is 3. The van der Waals surface area contributed by atoms with Crippen molar-refractivity contribution in [1.29, 1.82) is 0 Å². The van der Waals surface area contributed by atoms with Crippen LogP contribution in [0.15, 0.2) is 35.1 Å². The Morgan fingerprint density at radius 2 is 1.95 bits per heavy atom.